The standard InChI is InChI=1S/C21H30N4O2S/c1-6-17-10-8-9-11-19(17)25(16(5)26)21-23-18(14-28-21)12-24(7-2)13-20(27)22-15(3)4/h8-11,14-15H,6-7,12-13H2,1-5H3,(H,22,27). The number of anilines is 2. The molecule has 0 atom stereocenters. The van der Waals surface area contributed by atoms with E-state index in [-0.39, 0.29) is 17.9 Å². The van der Waals surface area contributed by atoms with E-state index in [0.29, 0.717) is 18.2 Å². The summed E-state index contributed by atoms with van der Waals surface area (Å²) in [6, 6.07) is 8.03. The zero-order chi connectivity index (χ0) is 20.7. The summed E-state index contributed by atoms with van der Waals surface area (Å²) in [6.45, 7) is 11.2. The first kappa shape index (κ1) is 22.0. The Balaban J connectivity index is 2.18. The fourth-order valence-electron chi connectivity index (χ4n) is 2.99. The second kappa shape index (κ2) is 10.3. The van der Waals surface area contributed by atoms with Crippen molar-refractivity contribution in [2.24, 2.45) is 0 Å². The molecule has 1 heterocycles. The van der Waals surface area contributed by atoms with Crippen LogP contribution in [0.2, 0.25) is 0 Å². The zero-order valence-electron chi connectivity index (χ0n) is 17.4. The van der Waals surface area contributed by atoms with Crippen molar-refractivity contribution in [2.45, 2.75) is 53.6 Å². The molecule has 0 aliphatic rings. The summed E-state index contributed by atoms with van der Waals surface area (Å²) in [7, 11) is 0. The van der Waals surface area contributed by atoms with Gasteiger partial charge in [-0.2, -0.15) is 0 Å². The topological polar surface area (TPSA) is 65.5 Å². The minimum atomic E-state index is -0.0644. The van der Waals surface area contributed by atoms with Crippen molar-refractivity contribution in [3.05, 3.63) is 40.9 Å². The summed E-state index contributed by atoms with van der Waals surface area (Å²) < 4.78 is 0. The van der Waals surface area contributed by atoms with Crippen LogP contribution >= 0.6 is 11.3 Å². The van der Waals surface area contributed by atoms with E-state index in [1.54, 1.807) is 11.8 Å². The number of rotatable bonds is 9. The molecular weight excluding hydrogens is 372 g/mol. The highest BCUT2D eigenvalue weighted by molar-refractivity contribution is 7.14. The van der Waals surface area contributed by atoms with Gasteiger partial charge in [-0.1, -0.05) is 32.0 Å². The first-order chi connectivity index (χ1) is 13.3. The smallest absolute Gasteiger partial charge is 0.234 e. The molecule has 0 aliphatic carbocycles. The number of thiazole rings is 1. The summed E-state index contributed by atoms with van der Waals surface area (Å²) in [6.07, 6.45) is 0.840. The van der Waals surface area contributed by atoms with Crippen molar-refractivity contribution in [2.75, 3.05) is 18.0 Å². The van der Waals surface area contributed by atoms with Crippen molar-refractivity contribution in [1.29, 1.82) is 0 Å². The Bertz CT molecular complexity index is 803. The molecule has 1 aromatic heterocycles. The van der Waals surface area contributed by atoms with Gasteiger partial charge < -0.3 is 5.32 Å². The lowest BCUT2D eigenvalue weighted by Gasteiger charge is -2.21. The molecule has 0 aliphatic heterocycles. The Morgan fingerprint density at radius 1 is 1.21 bits per heavy atom. The second-order valence-corrected chi connectivity index (χ2v) is 7.82. The average molecular weight is 403 g/mol. The maximum absolute atomic E-state index is 12.4. The van der Waals surface area contributed by atoms with Crippen LogP contribution < -0.4 is 10.2 Å². The van der Waals surface area contributed by atoms with Gasteiger partial charge in [0.2, 0.25) is 11.8 Å². The molecule has 0 saturated heterocycles. The Labute approximate surface area is 171 Å². The third-order valence-corrected chi connectivity index (χ3v) is 5.18. The fraction of sp³-hybridized carbons (Fsp3) is 0.476. The summed E-state index contributed by atoms with van der Waals surface area (Å²) in [5.74, 6) is -0.0556. The number of carbonyl (C=O) groups excluding carboxylic acids is 2. The van der Waals surface area contributed by atoms with Crippen LogP contribution in [0, 0.1) is 0 Å². The van der Waals surface area contributed by atoms with Gasteiger partial charge >= 0.3 is 0 Å². The fourth-order valence-corrected chi connectivity index (χ4v) is 3.86. The van der Waals surface area contributed by atoms with Crippen molar-refractivity contribution >= 4 is 34.0 Å². The van der Waals surface area contributed by atoms with Gasteiger partial charge in [-0.05, 0) is 38.4 Å². The summed E-state index contributed by atoms with van der Waals surface area (Å²) in [5.41, 5.74) is 2.84. The lowest BCUT2D eigenvalue weighted by atomic mass is 10.1. The van der Waals surface area contributed by atoms with E-state index in [1.165, 1.54) is 11.3 Å². The predicted octanol–water partition coefficient (Wildman–Crippen LogP) is 3.74. The molecule has 0 bridgehead atoms. The number of nitrogens with zero attached hydrogens (tertiary/aromatic N) is 3. The van der Waals surface area contributed by atoms with E-state index in [2.05, 4.69) is 17.2 Å². The molecule has 2 rings (SSSR count). The van der Waals surface area contributed by atoms with Crippen LogP contribution in [0.15, 0.2) is 29.6 Å². The minimum absolute atomic E-state index is 0.00883. The van der Waals surface area contributed by atoms with Crippen LogP contribution in [0.1, 0.15) is 45.9 Å². The Kier molecular flexibility index (Phi) is 8.14. The largest absolute Gasteiger partial charge is 0.353 e. The molecule has 6 nitrogen and oxygen atoms in total. The van der Waals surface area contributed by atoms with Gasteiger partial charge in [-0.25, -0.2) is 4.98 Å². The summed E-state index contributed by atoms with van der Waals surface area (Å²) in [5, 5.41) is 5.53. The van der Waals surface area contributed by atoms with Gasteiger partial charge in [0.15, 0.2) is 5.13 Å². The number of aromatic nitrogens is 1. The minimum Gasteiger partial charge on any atom is -0.353 e. The molecule has 1 aromatic carbocycles. The van der Waals surface area contributed by atoms with Crippen LogP contribution in [0.5, 0.6) is 0 Å². The number of likely N-dealkylation sites (N-methyl/N-ethyl adjacent to an activating group) is 1. The lowest BCUT2D eigenvalue weighted by molar-refractivity contribution is -0.122. The highest BCUT2D eigenvalue weighted by Gasteiger charge is 2.21. The first-order valence-electron chi connectivity index (χ1n) is 9.70. The summed E-state index contributed by atoms with van der Waals surface area (Å²) >= 11 is 1.45. The van der Waals surface area contributed by atoms with E-state index in [1.807, 2.05) is 55.3 Å². The monoisotopic (exact) mass is 402 g/mol. The number of benzene rings is 1. The van der Waals surface area contributed by atoms with Gasteiger partial charge in [-0.15, -0.1) is 11.3 Å². The molecule has 0 unspecified atom stereocenters. The van der Waals surface area contributed by atoms with Gasteiger partial charge in [0.05, 0.1) is 17.9 Å². The highest BCUT2D eigenvalue weighted by atomic mass is 32.1. The average Bonchev–Trinajstić information content (AvgIpc) is 3.08. The highest BCUT2D eigenvalue weighted by Crippen LogP contribution is 2.32. The van der Waals surface area contributed by atoms with Crippen molar-refractivity contribution in [3.8, 4) is 0 Å². The SMILES string of the molecule is CCc1ccccc1N(C(C)=O)c1nc(CN(CC)CC(=O)NC(C)C)cs1. The quantitative estimate of drug-likeness (QED) is 0.694. The second-order valence-electron chi connectivity index (χ2n) is 6.98. The Hall–Kier alpha value is -2.25. The van der Waals surface area contributed by atoms with Crippen molar-refractivity contribution in [3.63, 3.8) is 0 Å². The number of nitrogens with one attached hydrogen (secondary N) is 1. The zero-order valence-corrected chi connectivity index (χ0v) is 18.2. The maximum Gasteiger partial charge on any atom is 0.234 e. The summed E-state index contributed by atoms with van der Waals surface area (Å²) in [4.78, 5) is 32.8. The molecule has 0 saturated carbocycles. The van der Waals surface area contributed by atoms with Crippen LogP contribution in [-0.4, -0.2) is 40.8 Å². The molecule has 28 heavy (non-hydrogen) atoms. The predicted molar refractivity (Wildman–Crippen MR) is 115 cm³/mol. The molecule has 2 aromatic rings. The number of aryl methyl sites for hydroxylation is 1. The molecule has 1 N–H and O–H groups in total. The molecule has 7 heteroatoms. The number of hydrogen-bond donors (Lipinski definition) is 1. The van der Waals surface area contributed by atoms with Crippen LogP contribution in [0.4, 0.5) is 10.8 Å². The van der Waals surface area contributed by atoms with E-state index < -0.39 is 0 Å². The lowest BCUT2D eigenvalue weighted by Crippen LogP contribution is -2.39. The van der Waals surface area contributed by atoms with Gasteiger partial charge in [0, 0.05) is 24.9 Å². The molecule has 152 valence electrons. The Morgan fingerprint density at radius 2 is 1.93 bits per heavy atom. The van der Waals surface area contributed by atoms with E-state index >= 15 is 0 Å². The maximum atomic E-state index is 12.4. The van der Waals surface area contributed by atoms with Crippen LogP contribution in [-0.2, 0) is 22.6 Å². The van der Waals surface area contributed by atoms with Crippen LogP contribution in [0.3, 0.4) is 0 Å². The number of carbonyl (C=O) groups is 2. The third kappa shape index (κ3) is 5.87. The normalized spacial score (nSPS) is 11.1. The molecule has 0 fully saturated rings. The number of para-hydroxylation sites is 1. The molecule has 0 radical (unpaired) electrons. The molecule has 2 amide bonds. The van der Waals surface area contributed by atoms with E-state index in [4.69, 9.17) is 0 Å². The van der Waals surface area contributed by atoms with Crippen molar-refractivity contribution in [1.82, 2.24) is 15.2 Å². The number of hydrogen-bond acceptors (Lipinski definition) is 5. The molecule has 0 spiro atoms. The van der Waals surface area contributed by atoms with Gasteiger partial charge in [0.1, 0.15) is 0 Å². The van der Waals surface area contributed by atoms with Gasteiger partial charge in [0.25, 0.3) is 0 Å². The van der Waals surface area contributed by atoms with Gasteiger partial charge in [-0.3, -0.25) is 19.4 Å². The Morgan fingerprint density at radius 3 is 2.54 bits per heavy atom. The third-order valence-electron chi connectivity index (χ3n) is 4.31. The van der Waals surface area contributed by atoms with E-state index in [0.717, 1.165) is 29.9 Å². The van der Waals surface area contributed by atoms with Crippen molar-refractivity contribution < 1.29 is 9.59 Å². The number of amides is 2. The van der Waals surface area contributed by atoms with Crippen LogP contribution in [0.25, 0.3) is 0 Å². The van der Waals surface area contributed by atoms with E-state index in [9.17, 15) is 9.59 Å². The molecular formula is C21H30N4O2S. The first-order valence-corrected chi connectivity index (χ1v) is 10.6.